The van der Waals surface area contributed by atoms with E-state index in [0.717, 1.165) is 0 Å². The van der Waals surface area contributed by atoms with Crippen LogP contribution in [0.1, 0.15) is 24.0 Å². The van der Waals surface area contributed by atoms with Crippen molar-refractivity contribution < 1.29 is 19.4 Å². The van der Waals surface area contributed by atoms with Crippen LogP contribution in [-0.2, 0) is 9.53 Å². The minimum absolute atomic E-state index is 0.0653. The first-order valence-electron chi connectivity index (χ1n) is 6.00. The fourth-order valence-corrected chi connectivity index (χ4v) is 2.13. The normalized spacial score (nSPS) is 22.4. The lowest BCUT2D eigenvalue weighted by Gasteiger charge is -2.29. The second-order valence-electron chi connectivity index (χ2n) is 4.28. The Balaban J connectivity index is 2.20. The van der Waals surface area contributed by atoms with Crippen LogP contribution in [0.25, 0.3) is 0 Å². The highest BCUT2D eigenvalue weighted by Gasteiger charge is 2.40. The highest BCUT2D eigenvalue weighted by molar-refractivity contribution is 5.91. The van der Waals surface area contributed by atoms with Crippen LogP contribution in [0.2, 0.25) is 0 Å². The van der Waals surface area contributed by atoms with Crippen molar-refractivity contribution in [3.8, 4) is 0 Å². The minimum atomic E-state index is -0.968. The summed E-state index contributed by atoms with van der Waals surface area (Å²) in [5, 5.41) is 22.0. The molecule has 0 aliphatic carbocycles. The smallest absolute Gasteiger partial charge is 0.311 e. The molecule has 0 radical (unpaired) electrons. The van der Waals surface area contributed by atoms with Gasteiger partial charge in [0.2, 0.25) is 0 Å². The number of rotatable bonds is 5. The van der Waals surface area contributed by atoms with Gasteiger partial charge >= 0.3 is 5.97 Å². The third-order valence-corrected chi connectivity index (χ3v) is 3.03. The van der Waals surface area contributed by atoms with Gasteiger partial charge in [-0.2, -0.15) is 5.21 Å². The third kappa shape index (κ3) is 2.70. The van der Waals surface area contributed by atoms with Gasteiger partial charge in [0.15, 0.2) is 0 Å². The second-order valence-corrected chi connectivity index (χ2v) is 4.28. The van der Waals surface area contributed by atoms with E-state index in [4.69, 9.17) is 9.84 Å². The zero-order chi connectivity index (χ0) is 13.8. The molecular formula is C10H15N5O4. The van der Waals surface area contributed by atoms with E-state index in [1.54, 1.807) is 0 Å². The van der Waals surface area contributed by atoms with Gasteiger partial charge in [0.1, 0.15) is 5.92 Å². The fraction of sp³-hybridized carbons (Fsp3) is 0.700. The number of carbonyl (C=O) groups excluding carboxylic acids is 1. The Kier molecular flexibility index (Phi) is 4.05. The third-order valence-electron chi connectivity index (χ3n) is 3.03. The molecule has 0 aromatic carbocycles. The van der Waals surface area contributed by atoms with E-state index in [0.29, 0.717) is 13.0 Å². The van der Waals surface area contributed by atoms with Crippen LogP contribution >= 0.6 is 0 Å². The van der Waals surface area contributed by atoms with Gasteiger partial charge in [-0.15, -0.1) is 10.2 Å². The Morgan fingerprint density at radius 1 is 1.53 bits per heavy atom. The fourth-order valence-electron chi connectivity index (χ4n) is 2.13. The number of hydrogen-bond donors (Lipinski definition) is 2. The van der Waals surface area contributed by atoms with Gasteiger partial charge < -0.3 is 14.7 Å². The molecule has 1 saturated heterocycles. The Morgan fingerprint density at radius 2 is 2.32 bits per heavy atom. The number of amides is 1. The summed E-state index contributed by atoms with van der Waals surface area (Å²) in [5.74, 6) is -2.19. The molecule has 1 aliphatic heterocycles. The molecule has 19 heavy (non-hydrogen) atoms. The number of nitrogens with one attached hydrogen (secondary N) is 1. The number of carbonyl (C=O) groups is 2. The van der Waals surface area contributed by atoms with E-state index < -0.39 is 23.8 Å². The van der Waals surface area contributed by atoms with Crippen molar-refractivity contribution in [1.82, 2.24) is 25.5 Å². The quantitative estimate of drug-likeness (QED) is 0.714. The van der Waals surface area contributed by atoms with E-state index in [-0.39, 0.29) is 19.0 Å². The van der Waals surface area contributed by atoms with E-state index in [2.05, 4.69) is 20.6 Å². The van der Waals surface area contributed by atoms with Crippen LogP contribution in [0, 0.1) is 5.92 Å². The van der Waals surface area contributed by atoms with Gasteiger partial charge in [-0.05, 0) is 11.6 Å². The SMILES string of the molecule is CCCN(C(=O)c1nn[nH]n1)C1COCC1C(=O)O. The molecule has 2 rings (SSSR count). The first-order valence-corrected chi connectivity index (χ1v) is 6.00. The van der Waals surface area contributed by atoms with Gasteiger partial charge in [0, 0.05) is 6.54 Å². The number of carboxylic acid groups (broad SMARTS) is 1. The first-order chi connectivity index (χ1) is 9.15. The molecule has 2 unspecified atom stereocenters. The molecule has 0 spiro atoms. The molecule has 2 heterocycles. The predicted octanol–water partition coefficient (Wildman–Crippen LogP) is -0.848. The van der Waals surface area contributed by atoms with Crippen molar-refractivity contribution in [3.63, 3.8) is 0 Å². The zero-order valence-corrected chi connectivity index (χ0v) is 10.4. The second kappa shape index (κ2) is 5.74. The molecule has 1 aromatic rings. The lowest BCUT2D eigenvalue weighted by molar-refractivity contribution is -0.142. The van der Waals surface area contributed by atoms with Crippen LogP contribution < -0.4 is 0 Å². The van der Waals surface area contributed by atoms with Crippen LogP contribution in [0.4, 0.5) is 0 Å². The molecule has 1 aliphatic rings. The molecule has 104 valence electrons. The Hall–Kier alpha value is -2.03. The number of aliphatic carboxylic acids is 1. The molecule has 2 N–H and O–H groups in total. The van der Waals surface area contributed by atoms with Crippen molar-refractivity contribution in [2.24, 2.45) is 5.92 Å². The van der Waals surface area contributed by atoms with E-state index in [9.17, 15) is 9.59 Å². The topological polar surface area (TPSA) is 121 Å². The summed E-state index contributed by atoms with van der Waals surface area (Å²) in [6.45, 7) is 2.65. The average molecular weight is 269 g/mol. The van der Waals surface area contributed by atoms with Crippen LogP contribution in [0.3, 0.4) is 0 Å². The number of aromatic nitrogens is 4. The maximum absolute atomic E-state index is 12.2. The molecule has 1 amide bonds. The number of tetrazole rings is 1. The highest BCUT2D eigenvalue weighted by atomic mass is 16.5. The molecule has 9 heteroatoms. The van der Waals surface area contributed by atoms with Crippen molar-refractivity contribution >= 4 is 11.9 Å². The summed E-state index contributed by atoms with van der Waals surface area (Å²) >= 11 is 0. The summed E-state index contributed by atoms with van der Waals surface area (Å²) in [6, 6.07) is -0.497. The Morgan fingerprint density at radius 3 is 2.89 bits per heavy atom. The van der Waals surface area contributed by atoms with Crippen molar-refractivity contribution in [3.05, 3.63) is 5.82 Å². The molecule has 1 fully saturated rings. The van der Waals surface area contributed by atoms with Gasteiger partial charge in [-0.25, -0.2) is 0 Å². The summed E-state index contributed by atoms with van der Waals surface area (Å²) in [4.78, 5) is 24.9. The Bertz CT molecular complexity index is 449. The molecular weight excluding hydrogens is 254 g/mol. The summed E-state index contributed by atoms with van der Waals surface area (Å²) in [7, 11) is 0. The molecule has 2 atom stereocenters. The standard InChI is InChI=1S/C10H15N5O4/c1-2-3-15(9(16)8-11-13-14-12-8)7-5-19-4-6(7)10(17)18/h6-7H,2-5H2,1H3,(H,17,18)(H,11,12,13,14). The van der Waals surface area contributed by atoms with Crippen molar-refractivity contribution in [2.75, 3.05) is 19.8 Å². The van der Waals surface area contributed by atoms with E-state index >= 15 is 0 Å². The maximum Gasteiger partial charge on any atom is 0.311 e. The summed E-state index contributed by atoms with van der Waals surface area (Å²) in [5.41, 5.74) is 0. The van der Waals surface area contributed by atoms with Gasteiger partial charge in [-0.3, -0.25) is 9.59 Å². The maximum atomic E-state index is 12.2. The number of H-pyrrole nitrogens is 1. The highest BCUT2D eigenvalue weighted by Crippen LogP contribution is 2.21. The van der Waals surface area contributed by atoms with E-state index in [1.165, 1.54) is 4.90 Å². The average Bonchev–Trinajstić information content (AvgIpc) is 3.05. The lowest BCUT2D eigenvalue weighted by Crippen LogP contribution is -2.47. The first kappa shape index (κ1) is 13.4. The monoisotopic (exact) mass is 269 g/mol. The predicted molar refractivity (Wildman–Crippen MR) is 61.2 cm³/mol. The molecule has 9 nitrogen and oxygen atoms in total. The molecule has 0 bridgehead atoms. The zero-order valence-electron chi connectivity index (χ0n) is 10.4. The van der Waals surface area contributed by atoms with Gasteiger partial charge in [-0.1, -0.05) is 6.92 Å². The Labute approximate surface area is 108 Å². The number of aromatic amines is 1. The van der Waals surface area contributed by atoms with Crippen LogP contribution in [0.15, 0.2) is 0 Å². The molecule has 0 saturated carbocycles. The summed E-state index contributed by atoms with van der Waals surface area (Å²) in [6.07, 6.45) is 0.701. The minimum Gasteiger partial charge on any atom is -0.481 e. The van der Waals surface area contributed by atoms with Crippen LogP contribution in [-0.4, -0.2) is 68.3 Å². The molecule has 1 aromatic heterocycles. The number of nitrogens with zero attached hydrogens (tertiary/aromatic N) is 4. The van der Waals surface area contributed by atoms with Gasteiger partial charge in [0.05, 0.1) is 19.3 Å². The number of ether oxygens (including phenoxy) is 1. The number of hydrogen-bond acceptors (Lipinski definition) is 6. The van der Waals surface area contributed by atoms with E-state index in [1.807, 2.05) is 6.92 Å². The van der Waals surface area contributed by atoms with Crippen LogP contribution in [0.5, 0.6) is 0 Å². The van der Waals surface area contributed by atoms with Crippen molar-refractivity contribution in [1.29, 1.82) is 0 Å². The van der Waals surface area contributed by atoms with Gasteiger partial charge in [0.25, 0.3) is 11.7 Å². The largest absolute Gasteiger partial charge is 0.481 e. The van der Waals surface area contributed by atoms with Crippen molar-refractivity contribution in [2.45, 2.75) is 19.4 Å². The lowest BCUT2D eigenvalue weighted by atomic mass is 10.0. The number of carboxylic acids is 1. The summed E-state index contributed by atoms with van der Waals surface area (Å²) < 4.78 is 5.19.